The Balaban J connectivity index is -0.000000118. The van der Waals surface area contributed by atoms with Crippen LogP contribution in [-0.2, 0) is 14.4 Å². The van der Waals surface area contributed by atoms with E-state index in [1.165, 1.54) is 83.5 Å². The molecule has 0 rings (SSSR count). The number of aliphatic hydroxyl groups excluding tert-OH is 1. The Morgan fingerprint density at radius 2 is 0.848 bits per heavy atom. The molecule has 180 valence electrons. The van der Waals surface area contributed by atoms with Gasteiger partial charge in [-0.2, -0.15) is 0 Å². The average Bonchev–Trinajstić information content (AvgIpc) is 2.64. The summed E-state index contributed by atoms with van der Waals surface area (Å²) in [6.07, 6.45) is 18.5. The van der Waals surface area contributed by atoms with Crippen molar-refractivity contribution in [1.82, 2.24) is 0 Å². The minimum Gasteiger partial charge on any atom is -0.550 e. The molecule has 7 nitrogen and oxygen atoms in total. The number of unbranched alkanes of at least 4 members (excludes halogenated alkanes) is 14. The van der Waals surface area contributed by atoms with Crippen molar-refractivity contribution in [2.45, 2.75) is 130 Å². The summed E-state index contributed by atoms with van der Waals surface area (Å²) >= 11 is 0. The fourth-order valence-corrected chi connectivity index (χ4v) is 2.64. The Bertz CT molecular complexity index is 406. The van der Waals surface area contributed by atoms with Crippen LogP contribution in [0.4, 0.5) is 0 Å². The van der Waals surface area contributed by atoms with E-state index in [1.807, 2.05) is 0 Å². The molecule has 0 aromatic carbocycles. The van der Waals surface area contributed by atoms with Gasteiger partial charge >= 0.3 is 88.7 Å². The van der Waals surface area contributed by atoms with Gasteiger partial charge in [-0.15, -0.1) is 0 Å². The summed E-state index contributed by atoms with van der Waals surface area (Å²) in [6.45, 7) is 4.37. The minimum atomic E-state index is -1.44. The van der Waals surface area contributed by atoms with Gasteiger partial charge in [0, 0.05) is 11.9 Å². The number of carbonyl (C=O) groups excluding carboxylic acids is 3. The fraction of sp³-hybridized carbons (Fsp3) is 0.870. The molecule has 1 atom stereocenters. The van der Waals surface area contributed by atoms with Crippen molar-refractivity contribution in [2.24, 2.45) is 0 Å². The van der Waals surface area contributed by atoms with E-state index in [1.54, 1.807) is 0 Å². The van der Waals surface area contributed by atoms with E-state index in [0.29, 0.717) is 0 Å². The van der Waals surface area contributed by atoms with Crippen LogP contribution in [0.25, 0.3) is 0 Å². The first kappa shape index (κ1) is 47.6. The van der Waals surface area contributed by atoms with E-state index in [-0.39, 0.29) is 95.1 Å². The van der Waals surface area contributed by atoms with Crippen LogP contribution in [0.2, 0.25) is 0 Å². The summed E-state index contributed by atoms with van der Waals surface area (Å²) in [5.74, 6) is -3.42. The Morgan fingerprint density at radius 3 is 1.03 bits per heavy atom. The van der Waals surface area contributed by atoms with Crippen LogP contribution >= 0.6 is 0 Å². The molecule has 0 aromatic rings. The third-order valence-electron chi connectivity index (χ3n) is 4.33. The van der Waals surface area contributed by atoms with Gasteiger partial charge in [-0.25, -0.2) is 0 Å². The van der Waals surface area contributed by atoms with Crippen molar-refractivity contribution < 1.29 is 123 Å². The molecule has 0 saturated heterocycles. The first-order valence-electron chi connectivity index (χ1n) is 11.4. The molecule has 0 radical (unpaired) electrons. The maximum atomic E-state index is 10.2. The largest absolute Gasteiger partial charge is 1.00 e. The predicted octanol–water partition coefficient (Wildman–Crippen LogP) is -7.12. The van der Waals surface area contributed by atoms with Crippen LogP contribution < -0.4 is 104 Å². The molecule has 0 amide bonds. The van der Waals surface area contributed by atoms with Crippen molar-refractivity contribution in [3.8, 4) is 0 Å². The molecule has 0 heterocycles. The Kier molecular flexibility index (Phi) is 58.4. The van der Waals surface area contributed by atoms with E-state index >= 15 is 0 Å². The van der Waals surface area contributed by atoms with Gasteiger partial charge < -0.3 is 34.8 Å². The number of hydrogen-bond donors (Lipinski definition) is 1. The molecule has 0 aliphatic rings. The van der Waals surface area contributed by atoms with E-state index in [0.717, 1.165) is 26.7 Å². The first-order chi connectivity index (χ1) is 14.1. The standard InChI is InChI=1S/C18H36O2.C3H6O3.C2H4O2.3Na/c1-2-3-4-5-6-7-8-9-10-11-12-13-14-15-16-17-18(19)20;1-2(4)3(5)6;1-2(3)4;;;/h2-17H2,1H3,(H,19,20);2,4H,1H3,(H,5,6);1H3,(H,3,4);;;/q;;;3*+1/p-3. The number of rotatable bonds is 17. The maximum absolute atomic E-state index is 10.2. The Morgan fingerprint density at radius 1 is 0.636 bits per heavy atom. The first-order valence-corrected chi connectivity index (χ1v) is 11.4. The summed E-state index contributed by atoms with van der Waals surface area (Å²) < 4.78 is 0. The molecule has 0 aromatic heterocycles. The molecule has 1 N–H and O–H groups in total. The van der Waals surface area contributed by atoms with Crippen LogP contribution in [0, 0.1) is 0 Å². The zero-order chi connectivity index (χ0) is 23.6. The fourth-order valence-electron chi connectivity index (χ4n) is 2.64. The normalized spacial score (nSPS) is 9.82. The van der Waals surface area contributed by atoms with Crippen molar-refractivity contribution in [3.63, 3.8) is 0 Å². The van der Waals surface area contributed by atoms with Crippen LogP contribution in [0.1, 0.15) is 124 Å². The van der Waals surface area contributed by atoms with Crippen LogP contribution in [0.5, 0.6) is 0 Å². The molecule has 0 aliphatic heterocycles. The molecule has 0 saturated carbocycles. The van der Waals surface area contributed by atoms with Gasteiger partial charge in [0.15, 0.2) is 0 Å². The number of aliphatic carboxylic acids is 3. The zero-order valence-electron chi connectivity index (χ0n) is 22.3. The number of aliphatic hydroxyl groups is 1. The zero-order valence-corrected chi connectivity index (χ0v) is 28.3. The molecule has 0 aliphatic carbocycles. The van der Waals surface area contributed by atoms with Crippen LogP contribution in [0.3, 0.4) is 0 Å². The minimum absolute atomic E-state index is 0. The summed E-state index contributed by atoms with van der Waals surface area (Å²) in [6, 6.07) is 0. The summed E-state index contributed by atoms with van der Waals surface area (Å²) in [4.78, 5) is 28.4. The molecule has 33 heavy (non-hydrogen) atoms. The summed E-state index contributed by atoms with van der Waals surface area (Å²) in [5, 5.41) is 36.4. The molecule has 0 fully saturated rings. The second-order valence-corrected chi connectivity index (χ2v) is 7.56. The van der Waals surface area contributed by atoms with Crippen molar-refractivity contribution in [3.05, 3.63) is 0 Å². The summed E-state index contributed by atoms with van der Waals surface area (Å²) in [5.41, 5.74) is 0. The SMILES string of the molecule is CC(=O)[O-].CC(O)C(=O)[O-].CCCCCCCCCCCCCCCCCC(=O)[O-].[Na+].[Na+].[Na+]. The van der Waals surface area contributed by atoms with Gasteiger partial charge in [0.25, 0.3) is 0 Å². The Labute approximate surface area is 268 Å². The molecule has 0 spiro atoms. The number of carboxylic acid groups (broad SMARTS) is 3. The van der Waals surface area contributed by atoms with E-state index in [4.69, 9.17) is 15.0 Å². The van der Waals surface area contributed by atoms with Gasteiger partial charge in [-0.1, -0.05) is 96.8 Å². The third-order valence-corrected chi connectivity index (χ3v) is 4.33. The van der Waals surface area contributed by atoms with E-state index in [9.17, 15) is 19.8 Å². The molecule has 0 bridgehead atoms. The number of hydrogen-bond acceptors (Lipinski definition) is 7. The smallest absolute Gasteiger partial charge is 0.550 e. The quantitative estimate of drug-likeness (QED) is 0.155. The second-order valence-electron chi connectivity index (χ2n) is 7.56. The third kappa shape index (κ3) is 65.6. The predicted molar refractivity (Wildman–Crippen MR) is 112 cm³/mol. The van der Waals surface area contributed by atoms with Crippen molar-refractivity contribution in [2.75, 3.05) is 0 Å². The van der Waals surface area contributed by atoms with Gasteiger partial charge in [-0.3, -0.25) is 0 Å². The van der Waals surface area contributed by atoms with E-state index in [2.05, 4.69) is 6.92 Å². The summed E-state index contributed by atoms with van der Waals surface area (Å²) in [7, 11) is 0. The van der Waals surface area contributed by atoms with E-state index < -0.39 is 24.0 Å². The topological polar surface area (TPSA) is 141 Å². The number of carbonyl (C=O) groups is 3. The number of carboxylic acids is 3. The van der Waals surface area contributed by atoms with Gasteiger partial charge in [0.05, 0.1) is 12.1 Å². The van der Waals surface area contributed by atoms with Gasteiger partial charge in [0.2, 0.25) is 0 Å². The van der Waals surface area contributed by atoms with Crippen LogP contribution in [-0.4, -0.2) is 29.1 Å². The van der Waals surface area contributed by atoms with Gasteiger partial charge in [0.1, 0.15) is 0 Å². The van der Waals surface area contributed by atoms with Gasteiger partial charge in [-0.05, 0) is 26.7 Å². The van der Waals surface area contributed by atoms with Crippen molar-refractivity contribution >= 4 is 17.9 Å². The maximum Gasteiger partial charge on any atom is 1.00 e. The Hall–Kier alpha value is 1.37. The average molecular weight is 501 g/mol. The molecular formula is C23H43Na3O7. The van der Waals surface area contributed by atoms with Crippen LogP contribution in [0.15, 0.2) is 0 Å². The second kappa shape index (κ2) is 40.5. The van der Waals surface area contributed by atoms with Crippen molar-refractivity contribution in [1.29, 1.82) is 0 Å². The molecule has 1 unspecified atom stereocenters. The molecule has 10 heteroatoms. The molecular weight excluding hydrogens is 457 g/mol. The monoisotopic (exact) mass is 500 g/mol.